The Kier molecular flexibility index (Phi) is 5.64. The van der Waals surface area contributed by atoms with E-state index in [9.17, 15) is 4.79 Å². The number of ether oxygens (including phenoxy) is 2. The van der Waals surface area contributed by atoms with E-state index in [-0.39, 0.29) is 11.9 Å². The van der Waals surface area contributed by atoms with E-state index >= 15 is 0 Å². The van der Waals surface area contributed by atoms with E-state index in [1.807, 2.05) is 48.2 Å². The van der Waals surface area contributed by atoms with Gasteiger partial charge in [-0.05, 0) is 37.1 Å². The highest BCUT2D eigenvalue weighted by molar-refractivity contribution is 5.76. The van der Waals surface area contributed by atoms with Gasteiger partial charge in [-0.25, -0.2) is 9.97 Å². The first-order chi connectivity index (χ1) is 14.2. The second kappa shape index (κ2) is 8.51. The van der Waals surface area contributed by atoms with Crippen LogP contribution >= 0.6 is 0 Å². The van der Waals surface area contributed by atoms with Gasteiger partial charge in [0.2, 0.25) is 5.91 Å². The van der Waals surface area contributed by atoms with Gasteiger partial charge in [-0.1, -0.05) is 19.1 Å². The molecule has 29 heavy (non-hydrogen) atoms. The minimum Gasteiger partial charge on any atom is -0.493 e. The van der Waals surface area contributed by atoms with Crippen LogP contribution in [0.25, 0.3) is 11.2 Å². The molecule has 3 heterocycles. The Morgan fingerprint density at radius 3 is 2.62 bits per heavy atom. The Morgan fingerprint density at radius 1 is 1.14 bits per heavy atom. The van der Waals surface area contributed by atoms with Gasteiger partial charge >= 0.3 is 0 Å². The van der Waals surface area contributed by atoms with Crippen LogP contribution in [0.1, 0.15) is 38.1 Å². The van der Waals surface area contributed by atoms with Crippen LogP contribution < -0.4 is 9.47 Å². The summed E-state index contributed by atoms with van der Waals surface area (Å²) < 4.78 is 13.6. The van der Waals surface area contributed by atoms with Crippen molar-refractivity contribution in [3.63, 3.8) is 0 Å². The number of fused-ring (bicyclic) bond motifs is 1. The van der Waals surface area contributed by atoms with Crippen molar-refractivity contribution >= 4 is 17.1 Å². The van der Waals surface area contributed by atoms with Gasteiger partial charge < -0.3 is 18.9 Å². The first-order valence-corrected chi connectivity index (χ1v) is 10.1. The number of pyridine rings is 1. The summed E-state index contributed by atoms with van der Waals surface area (Å²) in [5.41, 5.74) is 1.73. The molecule has 1 fully saturated rings. The fourth-order valence-corrected chi connectivity index (χ4v) is 3.94. The molecule has 1 amide bonds. The lowest BCUT2D eigenvalue weighted by Gasteiger charge is -2.33. The van der Waals surface area contributed by atoms with Crippen molar-refractivity contribution in [2.75, 3.05) is 20.2 Å². The monoisotopic (exact) mass is 394 g/mol. The topological polar surface area (TPSA) is 69.5 Å². The highest BCUT2D eigenvalue weighted by atomic mass is 16.5. The predicted octanol–water partition coefficient (Wildman–Crippen LogP) is 3.59. The zero-order chi connectivity index (χ0) is 20.2. The van der Waals surface area contributed by atoms with Gasteiger partial charge in [0, 0.05) is 31.7 Å². The first kappa shape index (κ1) is 19.2. The van der Waals surface area contributed by atoms with Crippen molar-refractivity contribution in [2.45, 2.75) is 38.8 Å². The lowest BCUT2D eigenvalue weighted by Crippen LogP contribution is -2.39. The summed E-state index contributed by atoms with van der Waals surface area (Å²) >= 11 is 0. The van der Waals surface area contributed by atoms with E-state index in [1.165, 1.54) is 0 Å². The Bertz CT molecular complexity index is 993. The van der Waals surface area contributed by atoms with Crippen molar-refractivity contribution < 1.29 is 14.3 Å². The molecule has 3 aromatic rings. The molecule has 1 saturated heterocycles. The number of amides is 1. The van der Waals surface area contributed by atoms with E-state index in [1.54, 1.807) is 13.3 Å². The van der Waals surface area contributed by atoms with Crippen LogP contribution in [-0.4, -0.2) is 45.5 Å². The van der Waals surface area contributed by atoms with Crippen molar-refractivity contribution in [3.05, 3.63) is 48.4 Å². The smallest absolute Gasteiger partial charge is 0.222 e. The molecular weight excluding hydrogens is 368 g/mol. The molecule has 0 unspecified atom stereocenters. The van der Waals surface area contributed by atoms with Crippen molar-refractivity contribution in [2.24, 2.45) is 0 Å². The minimum absolute atomic E-state index is 0.219. The quantitative estimate of drug-likeness (QED) is 0.639. The highest BCUT2D eigenvalue weighted by Crippen LogP contribution is 2.30. The molecule has 1 aliphatic rings. The zero-order valence-corrected chi connectivity index (χ0v) is 16.9. The van der Waals surface area contributed by atoms with Gasteiger partial charge in [0.1, 0.15) is 17.9 Å². The Balaban J connectivity index is 1.59. The fraction of sp³-hybridized carbons (Fsp3) is 0.409. The number of piperidine rings is 1. The molecule has 0 radical (unpaired) electrons. The standard InChI is InChI=1S/C22H26N4O3/c1-3-21(27)25-13-10-16(11-14-25)26-20(24-17-7-6-12-23-22(17)26)15-29-19-9-5-4-8-18(19)28-2/h4-9,12,16H,3,10-11,13-15H2,1-2H3. The van der Waals surface area contributed by atoms with Crippen molar-refractivity contribution in [3.8, 4) is 11.5 Å². The third-order valence-corrected chi connectivity index (χ3v) is 5.43. The van der Waals surface area contributed by atoms with E-state index in [4.69, 9.17) is 14.5 Å². The number of methoxy groups -OCH3 is 1. The van der Waals surface area contributed by atoms with Crippen LogP contribution in [0, 0.1) is 0 Å². The van der Waals surface area contributed by atoms with Crippen LogP contribution in [0.4, 0.5) is 0 Å². The molecule has 0 bridgehead atoms. The van der Waals surface area contributed by atoms with Crippen LogP contribution in [0.5, 0.6) is 11.5 Å². The van der Waals surface area contributed by atoms with Gasteiger partial charge in [0.25, 0.3) is 0 Å². The maximum absolute atomic E-state index is 12.0. The molecule has 0 N–H and O–H groups in total. The highest BCUT2D eigenvalue weighted by Gasteiger charge is 2.27. The third-order valence-electron chi connectivity index (χ3n) is 5.43. The number of hydrogen-bond acceptors (Lipinski definition) is 5. The first-order valence-electron chi connectivity index (χ1n) is 10.1. The molecule has 0 atom stereocenters. The number of aromatic nitrogens is 3. The number of carbonyl (C=O) groups excluding carboxylic acids is 1. The number of benzene rings is 1. The maximum Gasteiger partial charge on any atom is 0.222 e. The SMILES string of the molecule is CCC(=O)N1CCC(n2c(COc3ccccc3OC)nc3cccnc32)CC1. The van der Waals surface area contributed by atoms with Gasteiger partial charge in [0.05, 0.1) is 7.11 Å². The van der Waals surface area contributed by atoms with Gasteiger partial charge in [-0.3, -0.25) is 4.79 Å². The van der Waals surface area contributed by atoms with E-state index < -0.39 is 0 Å². The van der Waals surface area contributed by atoms with E-state index in [2.05, 4.69) is 9.55 Å². The summed E-state index contributed by atoms with van der Waals surface area (Å²) in [6.07, 6.45) is 4.12. The molecule has 1 aromatic carbocycles. The number of hydrogen-bond donors (Lipinski definition) is 0. The second-order valence-electron chi connectivity index (χ2n) is 7.15. The number of nitrogens with zero attached hydrogens (tertiary/aromatic N) is 4. The molecule has 4 rings (SSSR count). The maximum atomic E-state index is 12.0. The minimum atomic E-state index is 0.219. The van der Waals surface area contributed by atoms with Crippen molar-refractivity contribution in [1.82, 2.24) is 19.4 Å². The zero-order valence-electron chi connectivity index (χ0n) is 16.9. The van der Waals surface area contributed by atoms with Crippen LogP contribution in [0.15, 0.2) is 42.6 Å². The average molecular weight is 394 g/mol. The summed E-state index contributed by atoms with van der Waals surface area (Å²) in [7, 11) is 1.63. The van der Waals surface area contributed by atoms with Crippen LogP contribution in [0.2, 0.25) is 0 Å². The average Bonchev–Trinajstić information content (AvgIpc) is 3.15. The number of para-hydroxylation sites is 2. The van der Waals surface area contributed by atoms with Gasteiger partial charge in [0.15, 0.2) is 17.1 Å². The number of rotatable bonds is 6. The summed E-state index contributed by atoms with van der Waals surface area (Å²) in [5, 5.41) is 0. The summed E-state index contributed by atoms with van der Waals surface area (Å²) in [6.45, 7) is 3.76. The number of likely N-dealkylation sites (tertiary alicyclic amines) is 1. The molecule has 152 valence electrons. The third kappa shape index (κ3) is 3.90. The molecule has 0 saturated carbocycles. The van der Waals surface area contributed by atoms with Gasteiger partial charge in [-0.15, -0.1) is 0 Å². The van der Waals surface area contributed by atoms with Gasteiger partial charge in [-0.2, -0.15) is 0 Å². The predicted molar refractivity (Wildman–Crippen MR) is 110 cm³/mol. The second-order valence-corrected chi connectivity index (χ2v) is 7.15. The van der Waals surface area contributed by atoms with Crippen LogP contribution in [0.3, 0.4) is 0 Å². The molecular formula is C22H26N4O3. The normalized spacial score (nSPS) is 14.9. The van der Waals surface area contributed by atoms with E-state index in [0.717, 1.165) is 42.9 Å². The molecule has 7 heteroatoms. The molecule has 2 aromatic heterocycles. The largest absolute Gasteiger partial charge is 0.493 e. The number of imidazole rings is 1. The van der Waals surface area contributed by atoms with Crippen molar-refractivity contribution in [1.29, 1.82) is 0 Å². The molecule has 1 aliphatic heterocycles. The summed E-state index contributed by atoms with van der Waals surface area (Å²) in [5.74, 6) is 2.44. The lowest BCUT2D eigenvalue weighted by atomic mass is 10.0. The summed E-state index contributed by atoms with van der Waals surface area (Å²) in [4.78, 5) is 23.3. The Morgan fingerprint density at radius 2 is 1.90 bits per heavy atom. The van der Waals surface area contributed by atoms with Crippen LogP contribution in [-0.2, 0) is 11.4 Å². The Labute approximate surface area is 170 Å². The summed E-state index contributed by atoms with van der Waals surface area (Å²) in [6, 6.07) is 11.7. The molecule has 0 aliphatic carbocycles. The van der Waals surface area contributed by atoms with E-state index in [0.29, 0.717) is 24.5 Å². The lowest BCUT2D eigenvalue weighted by molar-refractivity contribution is -0.132. The Hall–Kier alpha value is -3.09. The fourth-order valence-electron chi connectivity index (χ4n) is 3.94. The molecule has 0 spiro atoms. The number of carbonyl (C=O) groups is 1. The molecule has 7 nitrogen and oxygen atoms in total.